The van der Waals surface area contributed by atoms with Crippen LogP contribution in [0.1, 0.15) is 50.1 Å². The SMILES string of the molecule is CS(=O)(=O)N1CCC(NCC(c2ccccc2)N2CCCCCC2)CC1. The van der Waals surface area contributed by atoms with Gasteiger partial charge in [-0.2, -0.15) is 0 Å². The summed E-state index contributed by atoms with van der Waals surface area (Å²) in [6, 6.07) is 11.6. The molecule has 2 aliphatic rings. The normalized spacial score (nSPS) is 22.8. The van der Waals surface area contributed by atoms with Crippen molar-refractivity contribution in [2.45, 2.75) is 50.6 Å². The Morgan fingerprint density at radius 3 is 2.19 bits per heavy atom. The molecule has 26 heavy (non-hydrogen) atoms. The van der Waals surface area contributed by atoms with Crippen LogP contribution in [0.3, 0.4) is 0 Å². The second kappa shape index (κ2) is 9.31. The van der Waals surface area contributed by atoms with Gasteiger partial charge in [0.2, 0.25) is 10.0 Å². The zero-order valence-electron chi connectivity index (χ0n) is 15.9. The Morgan fingerprint density at radius 1 is 1.00 bits per heavy atom. The summed E-state index contributed by atoms with van der Waals surface area (Å²) in [5.41, 5.74) is 1.38. The summed E-state index contributed by atoms with van der Waals surface area (Å²) >= 11 is 0. The minimum atomic E-state index is -3.05. The van der Waals surface area contributed by atoms with Crippen LogP contribution in [0.15, 0.2) is 30.3 Å². The number of sulfonamides is 1. The van der Waals surface area contributed by atoms with Crippen molar-refractivity contribution in [3.8, 4) is 0 Å². The summed E-state index contributed by atoms with van der Waals surface area (Å²) in [5.74, 6) is 0. The van der Waals surface area contributed by atoms with E-state index in [1.165, 1.54) is 50.6 Å². The Bertz CT molecular complexity index is 634. The van der Waals surface area contributed by atoms with Gasteiger partial charge < -0.3 is 5.32 Å². The van der Waals surface area contributed by atoms with Crippen LogP contribution in [-0.4, -0.2) is 62.6 Å². The van der Waals surface area contributed by atoms with Gasteiger partial charge in [0, 0.05) is 31.7 Å². The second-order valence-electron chi connectivity index (χ2n) is 7.72. The molecule has 3 rings (SSSR count). The van der Waals surface area contributed by atoms with Crippen molar-refractivity contribution in [3.05, 3.63) is 35.9 Å². The molecule has 0 spiro atoms. The van der Waals surface area contributed by atoms with Crippen molar-refractivity contribution in [2.24, 2.45) is 0 Å². The van der Waals surface area contributed by atoms with Crippen molar-refractivity contribution in [1.29, 1.82) is 0 Å². The molecule has 0 amide bonds. The standard InChI is InChI=1S/C20H33N3O2S/c1-26(24,25)23-15-11-19(12-16-23)21-17-20(18-9-5-4-6-10-18)22-13-7-2-3-8-14-22/h4-6,9-10,19-21H,2-3,7-8,11-17H2,1H3. The Morgan fingerprint density at radius 2 is 1.62 bits per heavy atom. The lowest BCUT2D eigenvalue weighted by atomic mass is 10.0. The molecule has 5 nitrogen and oxygen atoms in total. The van der Waals surface area contributed by atoms with Crippen LogP contribution in [0.5, 0.6) is 0 Å². The first-order chi connectivity index (χ1) is 12.5. The van der Waals surface area contributed by atoms with E-state index in [2.05, 4.69) is 40.5 Å². The molecule has 0 aromatic heterocycles. The number of rotatable bonds is 6. The van der Waals surface area contributed by atoms with Crippen LogP contribution in [0.4, 0.5) is 0 Å². The summed E-state index contributed by atoms with van der Waals surface area (Å²) in [6.07, 6.45) is 8.37. The molecule has 0 bridgehead atoms. The minimum Gasteiger partial charge on any atom is -0.312 e. The lowest BCUT2D eigenvalue weighted by Gasteiger charge is -2.35. The van der Waals surface area contributed by atoms with E-state index in [9.17, 15) is 8.42 Å². The maximum absolute atomic E-state index is 11.7. The molecule has 2 fully saturated rings. The molecule has 2 aliphatic heterocycles. The van der Waals surface area contributed by atoms with E-state index in [-0.39, 0.29) is 0 Å². The van der Waals surface area contributed by atoms with Gasteiger partial charge in [0.25, 0.3) is 0 Å². The third kappa shape index (κ3) is 5.52. The van der Waals surface area contributed by atoms with Crippen LogP contribution >= 0.6 is 0 Å². The number of hydrogen-bond donors (Lipinski definition) is 1. The molecule has 2 saturated heterocycles. The van der Waals surface area contributed by atoms with Gasteiger partial charge in [0.15, 0.2) is 0 Å². The number of piperidine rings is 1. The molecule has 1 N–H and O–H groups in total. The van der Waals surface area contributed by atoms with Crippen LogP contribution in [0, 0.1) is 0 Å². The van der Waals surface area contributed by atoms with Crippen LogP contribution in [0.2, 0.25) is 0 Å². The van der Waals surface area contributed by atoms with Gasteiger partial charge >= 0.3 is 0 Å². The highest BCUT2D eigenvalue weighted by Gasteiger charge is 2.27. The average molecular weight is 380 g/mol. The third-order valence-corrected chi connectivity index (χ3v) is 7.09. The number of likely N-dealkylation sites (tertiary alicyclic amines) is 1. The fourth-order valence-electron chi connectivity index (χ4n) is 4.21. The van der Waals surface area contributed by atoms with Crippen LogP contribution in [-0.2, 0) is 10.0 Å². The highest BCUT2D eigenvalue weighted by Crippen LogP contribution is 2.24. The van der Waals surface area contributed by atoms with Gasteiger partial charge in [-0.1, -0.05) is 43.2 Å². The van der Waals surface area contributed by atoms with Gasteiger partial charge in [-0.05, 0) is 44.3 Å². The molecule has 6 heteroatoms. The summed E-state index contributed by atoms with van der Waals surface area (Å²) in [5, 5.41) is 3.75. The van der Waals surface area contributed by atoms with E-state index >= 15 is 0 Å². The fourth-order valence-corrected chi connectivity index (χ4v) is 5.08. The molecule has 0 radical (unpaired) electrons. The topological polar surface area (TPSA) is 52.7 Å². The van der Waals surface area contributed by atoms with Gasteiger partial charge in [-0.3, -0.25) is 4.90 Å². The summed E-state index contributed by atoms with van der Waals surface area (Å²) < 4.78 is 25.0. The van der Waals surface area contributed by atoms with Gasteiger partial charge in [0.05, 0.1) is 6.26 Å². The zero-order chi connectivity index (χ0) is 18.4. The van der Waals surface area contributed by atoms with Gasteiger partial charge in [-0.25, -0.2) is 12.7 Å². The van der Waals surface area contributed by atoms with Crippen LogP contribution in [0.25, 0.3) is 0 Å². The van der Waals surface area contributed by atoms with E-state index in [1.807, 2.05) is 0 Å². The molecular weight excluding hydrogens is 346 g/mol. The maximum atomic E-state index is 11.7. The first-order valence-electron chi connectivity index (χ1n) is 10.0. The molecule has 1 aromatic carbocycles. The molecule has 146 valence electrons. The van der Waals surface area contributed by atoms with E-state index < -0.39 is 10.0 Å². The molecule has 2 heterocycles. The molecule has 0 aliphatic carbocycles. The second-order valence-corrected chi connectivity index (χ2v) is 9.70. The molecule has 0 saturated carbocycles. The van der Waals surface area contributed by atoms with Crippen molar-refractivity contribution < 1.29 is 8.42 Å². The Kier molecular flexibility index (Phi) is 7.09. The first-order valence-corrected chi connectivity index (χ1v) is 11.9. The van der Waals surface area contributed by atoms with Crippen molar-refractivity contribution in [3.63, 3.8) is 0 Å². The predicted molar refractivity (Wildman–Crippen MR) is 107 cm³/mol. The number of nitrogens with one attached hydrogen (secondary N) is 1. The van der Waals surface area contributed by atoms with Crippen LogP contribution < -0.4 is 5.32 Å². The number of hydrogen-bond acceptors (Lipinski definition) is 4. The first kappa shape index (κ1) is 19.8. The highest BCUT2D eigenvalue weighted by atomic mass is 32.2. The third-order valence-electron chi connectivity index (χ3n) is 5.79. The summed E-state index contributed by atoms with van der Waals surface area (Å²) in [6.45, 7) is 4.56. The smallest absolute Gasteiger partial charge is 0.211 e. The molecule has 1 atom stereocenters. The summed E-state index contributed by atoms with van der Waals surface area (Å²) in [4.78, 5) is 2.64. The number of benzene rings is 1. The quantitative estimate of drug-likeness (QED) is 0.825. The zero-order valence-corrected chi connectivity index (χ0v) is 16.8. The van der Waals surface area contributed by atoms with Gasteiger partial charge in [0.1, 0.15) is 0 Å². The lowest BCUT2D eigenvalue weighted by molar-refractivity contribution is 0.188. The van der Waals surface area contributed by atoms with E-state index in [4.69, 9.17) is 0 Å². The maximum Gasteiger partial charge on any atom is 0.211 e. The largest absolute Gasteiger partial charge is 0.312 e. The average Bonchev–Trinajstić information content (AvgIpc) is 2.92. The van der Waals surface area contributed by atoms with E-state index in [1.54, 1.807) is 4.31 Å². The molecule has 1 unspecified atom stereocenters. The van der Waals surface area contributed by atoms with Crippen molar-refractivity contribution in [2.75, 3.05) is 39.0 Å². The van der Waals surface area contributed by atoms with Crippen molar-refractivity contribution >= 4 is 10.0 Å². The Balaban J connectivity index is 1.60. The van der Waals surface area contributed by atoms with E-state index in [0.29, 0.717) is 25.2 Å². The highest BCUT2D eigenvalue weighted by molar-refractivity contribution is 7.88. The monoisotopic (exact) mass is 379 g/mol. The van der Waals surface area contributed by atoms with Crippen molar-refractivity contribution in [1.82, 2.24) is 14.5 Å². The predicted octanol–water partition coefficient (Wildman–Crippen LogP) is 2.62. The van der Waals surface area contributed by atoms with Gasteiger partial charge in [-0.15, -0.1) is 0 Å². The Hall–Kier alpha value is -0.950. The Labute approximate surface area is 158 Å². The molecular formula is C20H33N3O2S. The number of nitrogens with zero attached hydrogens (tertiary/aromatic N) is 2. The fraction of sp³-hybridized carbons (Fsp3) is 0.700. The molecule has 1 aromatic rings. The summed E-state index contributed by atoms with van der Waals surface area (Å²) in [7, 11) is -3.05. The minimum absolute atomic E-state index is 0.405. The lowest BCUT2D eigenvalue weighted by Crippen LogP contribution is -2.47. The van der Waals surface area contributed by atoms with E-state index in [0.717, 1.165) is 19.4 Å².